The van der Waals surface area contributed by atoms with E-state index in [2.05, 4.69) is 51.5 Å². The fraction of sp³-hybridized carbons (Fsp3) is 0.741. The Balaban J connectivity index is 0.00000133. The van der Waals surface area contributed by atoms with Gasteiger partial charge in [-0.15, -0.1) is 0 Å². The van der Waals surface area contributed by atoms with Crippen LogP contribution in [-0.4, -0.2) is 31.0 Å². The van der Waals surface area contributed by atoms with Crippen molar-refractivity contribution in [3.05, 3.63) is 33.0 Å². The number of fused-ring (bicyclic) bond motifs is 1. The van der Waals surface area contributed by atoms with Gasteiger partial charge in [-0.25, -0.2) is 0 Å². The molecular formula is C27H46INO3S. The van der Waals surface area contributed by atoms with Gasteiger partial charge in [0, 0.05) is 19.1 Å². The standard InChI is InChI=1S/C24H33IO3S.CH5N.2CH4/c1-16(26)27-20-9-7-18-15-29-28-23(21(18)14-20)13-17-5-3-11-24(2)19(6-4-12-25)8-10-22(17)24;1-2;;/h4,12-13,19-20,22-23H,3,5-11,14-15H2,1-2H3;2H2,1H3;2*1H4/b12-4+,17-13+;;;. The summed E-state index contributed by atoms with van der Waals surface area (Å²) < 4.78 is 13.9. The Labute approximate surface area is 220 Å². The second-order valence-electron chi connectivity index (χ2n) is 9.41. The van der Waals surface area contributed by atoms with Gasteiger partial charge in [-0.1, -0.05) is 67.7 Å². The van der Waals surface area contributed by atoms with E-state index in [1.54, 1.807) is 17.6 Å². The number of hydrogen-bond donors (Lipinski definition) is 1. The van der Waals surface area contributed by atoms with Crippen molar-refractivity contribution in [2.24, 2.45) is 23.0 Å². The lowest BCUT2D eigenvalue weighted by Gasteiger charge is -2.43. The van der Waals surface area contributed by atoms with Crippen LogP contribution < -0.4 is 5.73 Å². The maximum absolute atomic E-state index is 11.4. The van der Waals surface area contributed by atoms with E-state index in [0.29, 0.717) is 11.3 Å². The number of rotatable bonds is 4. The van der Waals surface area contributed by atoms with E-state index in [4.69, 9.17) is 8.92 Å². The first-order valence-electron chi connectivity index (χ1n) is 11.7. The molecule has 1 aliphatic heterocycles. The van der Waals surface area contributed by atoms with Crippen LogP contribution in [0.4, 0.5) is 0 Å². The molecular weight excluding hydrogens is 545 g/mol. The van der Waals surface area contributed by atoms with E-state index in [9.17, 15) is 4.79 Å². The Morgan fingerprint density at radius 3 is 2.73 bits per heavy atom. The molecule has 0 aromatic heterocycles. The SMILES string of the molecule is C.C.CC(=O)OC1CCC2=C(C1)C(/C=C1\CCCC3(C)C(C/C=C/I)CCC13)OSC2.CN. The molecule has 190 valence electrons. The maximum atomic E-state index is 11.4. The van der Waals surface area contributed by atoms with Gasteiger partial charge in [-0.05, 0) is 97.4 Å². The Kier molecular flexibility index (Phi) is 13.3. The molecule has 0 spiro atoms. The molecule has 1 heterocycles. The predicted octanol–water partition coefficient (Wildman–Crippen LogP) is 7.77. The highest BCUT2D eigenvalue weighted by Gasteiger charge is 2.48. The molecule has 0 saturated heterocycles. The number of ether oxygens (including phenoxy) is 1. The Bertz CT molecular complexity index is 735. The normalized spacial score (nSPS) is 34.4. The number of allylic oxidation sites excluding steroid dienone is 2. The predicted molar refractivity (Wildman–Crippen MR) is 151 cm³/mol. The number of carbonyl (C=O) groups is 1. The first kappa shape index (κ1) is 30.7. The van der Waals surface area contributed by atoms with E-state index in [1.165, 1.54) is 63.6 Å². The molecule has 4 rings (SSSR count). The topological polar surface area (TPSA) is 61.5 Å². The highest BCUT2D eigenvalue weighted by molar-refractivity contribution is 14.1. The molecule has 2 saturated carbocycles. The van der Waals surface area contributed by atoms with Gasteiger partial charge in [-0.2, -0.15) is 0 Å². The summed E-state index contributed by atoms with van der Waals surface area (Å²) in [4.78, 5) is 11.4. The lowest BCUT2D eigenvalue weighted by atomic mass is 9.62. The van der Waals surface area contributed by atoms with Crippen LogP contribution in [0.1, 0.15) is 86.5 Å². The lowest BCUT2D eigenvalue weighted by Crippen LogP contribution is -2.34. The van der Waals surface area contributed by atoms with Crippen LogP contribution in [0.15, 0.2) is 33.0 Å². The van der Waals surface area contributed by atoms with Crippen molar-refractivity contribution < 1.29 is 13.7 Å². The zero-order valence-corrected chi connectivity index (χ0v) is 22.2. The Hall–Kier alpha value is -0.310. The molecule has 6 heteroatoms. The molecule has 0 aromatic rings. The summed E-state index contributed by atoms with van der Waals surface area (Å²) in [7, 11) is 1.50. The largest absolute Gasteiger partial charge is 0.462 e. The minimum atomic E-state index is -0.166. The van der Waals surface area contributed by atoms with Crippen LogP contribution >= 0.6 is 34.6 Å². The van der Waals surface area contributed by atoms with Gasteiger partial charge in [0.05, 0.1) is 0 Å². The molecule has 0 radical (unpaired) electrons. The number of esters is 1. The van der Waals surface area contributed by atoms with Crippen LogP contribution in [-0.2, 0) is 13.7 Å². The number of hydrogen-bond acceptors (Lipinski definition) is 5. The second-order valence-corrected chi connectivity index (χ2v) is 10.8. The summed E-state index contributed by atoms with van der Waals surface area (Å²) in [6, 6.07) is 0. The third-order valence-electron chi connectivity index (χ3n) is 7.79. The molecule has 0 aromatic carbocycles. The molecule has 2 fully saturated rings. The monoisotopic (exact) mass is 591 g/mol. The molecule has 33 heavy (non-hydrogen) atoms. The van der Waals surface area contributed by atoms with Crippen molar-refractivity contribution in [2.45, 2.75) is 98.7 Å². The van der Waals surface area contributed by atoms with Crippen molar-refractivity contribution >= 4 is 40.6 Å². The molecule has 3 aliphatic carbocycles. The first-order valence-corrected chi connectivity index (χ1v) is 13.9. The van der Waals surface area contributed by atoms with E-state index in [1.807, 2.05) is 0 Å². The molecule has 5 unspecified atom stereocenters. The third kappa shape index (κ3) is 7.11. The molecule has 0 bridgehead atoms. The van der Waals surface area contributed by atoms with Crippen molar-refractivity contribution in [2.75, 3.05) is 12.8 Å². The smallest absolute Gasteiger partial charge is 0.302 e. The van der Waals surface area contributed by atoms with Gasteiger partial charge in [0.1, 0.15) is 12.2 Å². The summed E-state index contributed by atoms with van der Waals surface area (Å²) in [6.07, 6.45) is 15.5. The molecule has 4 aliphatic rings. The number of carbonyl (C=O) groups excluding carboxylic acids is 1. The van der Waals surface area contributed by atoms with Crippen LogP contribution in [0.5, 0.6) is 0 Å². The number of halogens is 1. The van der Waals surface area contributed by atoms with Crippen LogP contribution in [0.25, 0.3) is 0 Å². The van der Waals surface area contributed by atoms with Crippen molar-refractivity contribution in [3.8, 4) is 0 Å². The zero-order chi connectivity index (χ0) is 22.4. The first-order chi connectivity index (χ1) is 15.0. The second kappa shape index (κ2) is 14.3. The van der Waals surface area contributed by atoms with Gasteiger partial charge < -0.3 is 14.7 Å². The van der Waals surface area contributed by atoms with Gasteiger partial charge >= 0.3 is 5.97 Å². The number of nitrogens with two attached hydrogens (primary N) is 1. The summed E-state index contributed by atoms with van der Waals surface area (Å²) >= 11 is 3.95. The van der Waals surface area contributed by atoms with Crippen LogP contribution in [0.2, 0.25) is 0 Å². The molecule has 2 N–H and O–H groups in total. The van der Waals surface area contributed by atoms with Crippen molar-refractivity contribution in [3.63, 3.8) is 0 Å². The maximum Gasteiger partial charge on any atom is 0.302 e. The molecule has 4 nitrogen and oxygen atoms in total. The Morgan fingerprint density at radius 1 is 1.27 bits per heavy atom. The lowest BCUT2D eigenvalue weighted by molar-refractivity contribution is -0.146. The third-order valence-corrected chi connectivity index (χ3v) is 9.11. The highest BCUT2D eigenvalue weighted by atomic mass is 127. The van der Waals surface area contributed by atoms with E-state index >= 15 is 0 Å². The van der Waals surface area contributed by atoms with Crippen molar-refractivity contribution in [1.29, 1.82) is 0 Å². The molecule has 5 atom stereocenters. The van der Waals surface area contributed by atoms with E-state index in [0.717, 1.165) is 30.9 Å². The van der Waals surface area contributed by atoms with E-state index in [-0.39, 0.29) is 33.0 Å². The fourth-order valence-corrected chi connectivity index (χ4v) is 7.47. The summed E-state index contributed by atoms with van der Waals surface area (Å²) in [5.74, 6) is 2.31. The van der Waals surface area contributed by atoms with Crippen LogP contribution in [0.3, 0.4) is 0 Å². The van der Waals surface area contributed by atoms with Crippen LogP contribution in [0, 0.1) is 17.3 Å². The van der Waals surface area contributed by atoms with Gasteiger partial charge in [0.2, 0.25) is 0 Å². The summed E-state index contributed by atoms with van der Waals surface area (Å²) in [5, 5.41) is 0. The van der Waals surface area contributed by atoms with Crippen molar-refractivity contribution in [1.82, 2.24) is 0 Å². The minimum Gasteiger partial charge on any atom is -0.462 e. The van der Waals surface area contributed by atoms with Gasteiger partial charge in [0.15, 0.2) is 0 Å². The fourth-order valence-electron chi connectivity index (χ4n) is 6.31. The average Bonchev–Trinajstić information content (AvgIpc) is 3.10. The average molecular weight is 592 g/mol. The Morgan fingerprint density at radius 2 is 2.03 bits per heavy atom. The molecule has 0 amide bonds. The highest BCUT2D eigenvalue weighted by Crippen LogP contribution is 2.58. The van der Waals surface area contributed by atoms with Gasteiger partial charge in [0.25, 0.3) is 0 Å². The van der Waals surface area contributed by atoms with Gasteiger partial charge in [-0.3, -0.25) is 4.79 Å². The summed E-state index contributed by atoms with van der Waals surface area (Å²) in [6.45, 7) is 4.06. The van der Waals surface area contributed by atoms with E-state index < -0.39 is 0 Å². The zero-order valence-electron chi connectivity index (χ0n) is 19.2. The minimum absolute atomic E-state index is 0. The summed E-state index contributed by atoms with van der Waals surface area (Å²) in [5.41, 5.74) is 9.49. The quantitative estimate of drug-likeness (QED) is 0.157.